The van der Waals surface area contributed by atoms with Crippen molar-refractivity contribution < 1.29 is 0 Å². The van der Waals surface area contributed by atoms with Crippen molar-refractivity contribution in [3.05, 3.63) is 66.2 Å². The predicted molar refractivity (Wildman–Crippen MR) is 114 cm³/mol. The van der Waals surface area contributed by atoms with E-state index in [1.165, 1.54) is 11.1 Å². The Labute approximate surface area is 169 Å². The van der Waals surface area contributed by atoms with Crippen molar-refractivity contribution in [3.8, 4) is 11.3 Å². The highest BCUT2D eigenvalue weighted by Gasteiger charge is 2.22. The molecule has 0 N–H and O–H groups in total. The van der Waals surface area contributed by atoms with Crippen molar-refractivity contribution in [2.75, 3.05) is 36.0 Å². The smallest absolute Gasteiger partial charge is 0.225 e. The van der Waals surface area contributed by atoms with Crippen LogP contribution in [-0.2, 0) is 0 Å². The number of aryl methyl sites for hydroxylation is 2. The van der Waals surface area contributed by atoms with Crippen LogP contribution in [0.15, 0.2) is 55.1 Å². The highest BCUT2D eigenvalue weighted by Crippen LogP contribution is 2.28. The molecule has 0 amide bonds. The lowest BCUT2D eigenvalue weighted by Gasteiger charge is -2.35. The summed E-state index contributed by atoms with van der Waals surface area (Å²) in [6.07, 6.45) is 7.32. The minimum atomic E-state index is 0.791. The number of piperazine rings is 1. The van der Waals surface area contributed by atoms with Gasteiger partial charge in [-0.25, -0.2) is 19.5 Å². The highest BCUT2D eigenvalue weighted by molar-refractivity contribution is 5.76. The fourth-order valence-electron chi connectivity index (χ4n) is 3.96. The zero-order valence-electron chi connectivity index (χ0n) is 16.7. The molecule has 4 aromatic rings. The monoisotopic (exact) mass is 385 g/mol. The van der Waals surface area contributed by atoms with E-state index in [9.17, 15) is 0 Å². The molecule has 5 rings (SSSR count). The lowest BCUT2D eigenvalue weighted by molar-refractivity contribution is 0.634. The molecular formula is C22H23N7. The van der Waals surface area contributed by atoms with Crippen molar-refractivity contribution in [3.63, 3.8) is 0 Å². The summed E-state index contributed by atoms with van der Waals surface area (Å²) < 4.78 is 1.93. The van der Waals surface area contributed by atoms with E-state index in [0.717, 1.165) is 54.7 Å². The second kappa shape index (κ2) is 7.16. The van der Waals surface area contributed by atoms with Crippen LogP contribution in [0.2, 0.25) is 0 Å². The van der Waals surface area contributed by atoms with Gasteiger partial charge in [0.1, 0.15) is 5.52 Å². The van der Waals surface area contributed by atoms with Crippen molar-refractivity contribution in [2.45, 2.75) is 13.8 Å². The topological polar surface area (TPSA) is 62.5 Å². The van der Waals surface area contributed by atoms with Crippen LogP contribution in [0.3, 0.4) is 0 Å². The van der Waals surface area contributed by atoms with Gasteiger partial charge in [-0.3, -0.25) is 0 Å². The number of hydrogen-bond acceptors (Lipinski definition) is 6. The van der Waals surface area contributed by atoms with Crippen LogP contribution in [0, 0.1) is 13.8 Å². The summed E-state index contributed by atoms with van der Waals surface area (Å²) in [4.78, 5) is 18.0. The predicted octanol–water partition coefficient (Wildman–Crippen LogP) is 3.13. The quantitative estimate of drug-likeness (QED) is 0.540. The SMILES string of the molecule is Cc1ccc(-c2cc3c(N4CCN(c5ncccn5)CC4)nccn3n2)c(C)c1. The molecule has 0 saturated carbocycles. The molecule has 1 saturated heterocycles. The van der Waals surface area contributed by atoms with Crippen LogP contribution in [0.4, 0.5) is 11.8 Å². The summed E-state index contributed by atoms with van der Waals surface area (Å²) in [5.74, 6) is 1.77. The number of rotatable bonds is 3. The summed E-state index contributed by atoms with van der Waals surface area (Å²) in [6.45, 7) is 7.72. The lowest BCUT2D eigenvalue weighted by atomic mass is 10.0. The Hall–Kier alpha value is -3.48. The van der Waals surface area contributed by atoms with Gasteiger partial charge in [0.15, 0.2) is 5.82 Å². The Morgan fingerprint density at radius 3 is 2.34 bits per heavy atom. The molecule has 0 atom stereocenters. The molecule has 0 unspecified atom stereocenters. The summed E-state index contributed by atoms with van der Waals surface area (Å²) in [5, 5.41) is 4.81. The molecule has 7 heteroatoms. The average molecular weight is 385 g/mol. The van der Waals surface area contributed by atoms with E-state index in [0.29, 0.717) is 0 Å². The van der Waals surface area contributed by atoms with Gasteiger partial charge in [0, 0.05) is 56.5 Å². The van der Waals surface area contributed by atoms with Gasteiger partial charge in [-0.2, -0.15) is 5.10 Å². The molecule has 1 aliphatic heterocycles. The molecule has 0 radical (unpaired) electrons. The van der Waals surface area contributed by atoms with Crippen LogP contribution >= 0.6 is 0 Å². The molecule has 1 fully saturated rings. The number of benzene rings is 1. The second-order valence-electron chi connectivity index (χ2n) is 7.45. The molecule has 0 bridgehead atoms. The number of hydrogen-bond donors (Lipinski definition) is 0. The first-order chi connectivity index (χ1) is 14.2. The number of nitrogens with zero attached hydrogens (tertiary/aromatic N) is 7. The van der Waals surface area contributed by atoms with Gasteiger partial charge >= 0.3 is 0 Å². The number of anilines is 2. The van der Waals surface area contributed by atoms with Crippen LogP contribution in [-0.4, -0.2) is 50.7 Å². The second-order valence-corrected chi connectivity index (χ2v) is 7.45. The van der Waals surface area contributed by atoms with Gasteiger partial charge < -0.3 is 9.80 Å². The van der Waals surface area contributed by atoms with Crippen molar-refractivity contribution in [1.82, 2.24) is 24.6 Å². The van der Waals surface area contributed by atoms with Crippen LogP contribution in [0.5, 0.6) is 0 Å². The number of fused-ring (bicyclic) bond motifs is 1. The highest BCUT2D eigenvalue weighted by atomic mass is 15.3. The first-order valence-corrected chi connectivity index (χ1v) is 9.88. The summed E-state index contributed by atoms with van der Waals surface area (Å²) in [5.41, 5.74) is 5.67. The van der Waals surface area contributed by atoms with Gasteiger partial charge in [0.25, 0.3) is 0 Å². The number of aromatic nitrogens is 5. The van der Waals surface area contributed by atoms with Gasteiger partial charge in [-0.05, 0) is 31.5 Å². The molecule has 1 aromatic carbocycles. The van der Waals surface area contributed by atoms with Gasteiger partial charge in [0.2, 0.25) is 5.95 Å². The van der Waals surface area contributed by atoms with Crippen LogP contribution in [0.25, 0.3) is 16.8 Å². The van der Waals surface area contributed by atoms with Crippen molar-refractivity contribution >= 4 is 17.3 Å². The molecule has 4 heterocycles. The molecule has 1 aliphatic rings. The van der Waals surface area contributed by atoms with E-state index in [1.54, 1.807) is 12.4 Å². The Balaban J connectivity index is 1.43. The first-order valence-electron chi connectivity index (χ1n) is 9.88. The van der Waals surface area contributed by atoms with E-state index in [1.807, 2.05) is 23.0 Å². The Morgan fingerprint density at radius 2 is 1.59 bits per heavy atom. The summed E-state index contributed by atoms with van der Waals surface area (Å²) in [7, 11) is 0. The van der Waals surface area contributed by atoms with Crippen LogP contribution < -0.4 is 9.80 Å². The van der Waals surface area contributed by atoms with Crippen molar-refractivity contribution in [1.29, 1.82) is 0 Å². The van der Waals surface area contributed by atoms with E-state index in [2.05, 4.69) is 62.9 Å². The fraction of sp³-hybridized carbons (Fsp3) is 0.273. The fourth-order valence-corrected chi connectivity index (χ4v) is 3.96. The van der Waals surface area contributed by atoms with E-state index in [-0.39, 0.29) is 0 Å². The third kappa shape index (κ3) is 3.29. The molecule has 3 aromatic heterocycles. The Kier molecular flexibility index (Phi) is 4.35. The molecule has 29 heavy (non-hydrogen) atoms. The largest absolute Gasteiger partial charge is 0.351 e. The third-order valence-electron chi connectivity index (χ3n) is 5.44. The van der Waals surface area contributed by atoms with E-state index < -0.39 is 0 Å². The zero-order valence-corrected chi connectivity index (χ0v) is 16.7. The van der Waals surface area contributed by atoms with Gasteiger partial charge in [0.05, 0.1) is 5.69 Å². The first kappa shape index (κ1) is 17.6. The molecule has 7 nitrogen and oxygen atoms in total. The average Bonchev–Trinajstić information content (AvgIpc) is 3.18. The van der Waals surface area contributed by atoms with Gasteiger partial charge in [-0.1, -0.05) is 23.8 Å². The summed E-state index contributed by atoms with van der Waals surface area (Å²) >= 11 is 0. The maximum Gasteiger partial charge on any atom is 0.225 e. The minimum absolute atomic E-state index is 0.791. The maximum atomic E-state index is 4.81. The molecular weight excluding hydrogens is 362 g/mol. The van der Waals surface area contributed by atoms with E-state index >= 15 is 0 Å². The maximum absolute atomic E-state index is 4.81. The minimum Gasteiger partial charge on any atom is -0.351 e. The van der Waals surface area contributed by atoms with Gasteiger partial charge in [-0.15, -0.1) is 0 Å². The van der Waals surface area contributed by atoms with Crippen molar-refractivity contribution in [2.24, 2.45) is 0 Å². The Morgan fingerprint density at radius 1 is 0.828 bits per heavy atom. The summed E-state index contributed by atoms with van der Waals surface area (Å²) in [6, 6.07) is 10.5. The Bertz CT molecular complexity index is 1140. The zero-order chi connectivity index (χ0) is 19.8. The van der Waals surface area contributed by atoms with E-state index in [4.69, 9.17) is 5.10 Å². The lowest BCUT2D eigenvalue weighted by Crippen LogP contribution is -2.47. The standard InChI is InChI=1S/C22H23N7/c1-16-4-5-18(17(2)14-16)19-15-20-21(23-8-9-29(20)26-19)27-10-12-28(13-11-27)22-24-6-3-7-25-22/h3-9,14-15H,10-13H2,1-2H3. The molecule has 0 spiro atoms. The molecule has 0 aliphatic carbocycles. The normalized spacial score (nSPS) is 14.6. The molecule has 146 valence electrons. The van der Waals surface area contributed by atoms with Crippen LogP contribution in [0.1, 0.15) is 11.1 Å². The third-order valence-corrected chi connectivity index (χ3v) is 5.44.